The third-order valence-corrected chi connectivity index (χ3v) is 2.81. The van der Waals surface area contributed by atoms with Crippen molar-refractivity contribution in [2.75, 3.05) is 6.61 Å². The van der Waals surface area contributed by atoms with E-state index in [0.29, 0.717) is 18.8 Å². The van der Waals surface area contributed by atoms with Crippen LogP contribution in [0.15, 0.2) is 11.8 Å². The van der Waals surface area contributed by atoms with Gasteiger partial charge in [-0.05, 0) is 13.3 Å². The zero-order valence-corrected chi connectivity index (χ0v) is 10.9. The number of carbonyl (C=O) groups is 2. The van der Waals surface area contributed by atoms with Crippen LogP contribution in [-0.2, 0) is 19.2 Å². The average Bonchev–Trinajstić information content (AvgIpc) is 2.35. The Morgan fingerprint density at radius 1 is 1.44 bits per heavy atom. The molecule has 0 aliphatic carbocycles. The van der Waals surface area contributed by atoms with Crippen LogP contribution >= 0.6 is 0 Å². The van der Waals surface area contributed by atoms with Crippen molar-refractivity contribution < 1.29 is 24.3 Å². The quantitative estimate of drug-likeness (QED) is 0.315. The second kappa shape index (κ2) is 6.08. The fourth-order valence-electron chi connectivity index (χ4n) is 1.71. The van der Waals surface area contributed by atoms with Gasteiger partial charge in [-0.2, -0.15) is 5.48 Å². The lowest BCUT2D eigenvalue weighted by Gasteiger charge is -2.34. The summed E-state index contributed by atoms with van der Waals surface area (Å²) in [5, 5.41) is 10.3. The van der Waals surface area contributed by atoms with Gasteiger partial charge in [0.25, 0.3) is 0 Å². The van der Waals surface area contributed by atoms with Crippen LogP contribution in [-0.4, -0.2) is 29.2 Å². The molecule has 1 aliphatic rings. The van der Waals surface area contributed by atoms with Crippen LogP contribution in [0.1, 0.15) is 33.6 Å². The van der Waals surface area contributed by atoms with Gasteiger partial charge in [-0.25, -0.2) is 0 Å². The highest BCUT2D eigenvalue weighted by atomic mass is 16.7. The van der Waals surface area contributed by atoms with Crippen LogP contribution in [0.2, 0.25) is 0 Å². The van der Waals surface area contributed by atoms with Crippen LogP contribution in [0.5, 0.6) is 0 Å². The molecule has 1 rings (SSSR count). The number of hydrogen-bond donors (Lipinski definition) is 2. The summed E-state index contributed by atoms with van der Waals surface area (Å²) in [6.45, 7) is 5.44. The van der Waals surface area contributed by atoms with Crippen LogP contribution in [0, 0.1) is 5.92 Å². The maximum atomic E-state index is 11.9. The Labute approximate surface area is 106 Å². The summed E-state index contributed by atoms with van der Waals surface area (Å²) in [5.74, 6) is -2.21. The number of allylic oxidation sites excluding steroid dienone is 2. The van der Waals surface area contributed by atoms with Crippen molar-refractivity contribution in [3.05, 3.63) is 11.8 Å². The molecule has 0 amide bonds. The lowest BCUT2D eigenvalue weighted by Crippen LogP contribution is -2.57. The molecule has 0 aromatic rings. The number of aliphatic hydroxyl groups is 1. The molecule has 0 fully saturated rings. The van der Waals surface area contributed by atoms with E-state index < -0.39 is 23.4 Å². The van der Waals surface area contributed by atoms with Gasteiger partial charge in [-0.3, -0.25) is 14.4 Å². The first-order valence-corrected chi connectivity index (χ1v) is 6.05. The van der Waals surface area contributed by atoms with Crippen LogP contribution in [0.3, 0.4) is 0 Å². The molecule has 18 heavy (non-hydrogen) atoms. The Bertz CT molecular complexity index is 365. The van der Waals surface area contributed by atoms with Gasteiger partial charge in [0.15, 0.2) is 17.4 Å². The predicted octanol–water partition coefficient (Wildman–Crippen LogP) is 0.662. The van der Waals surface area contributed by atoms with Gasteiger partial charge in [0.1, 0.15) is 5.76 Å². The molecule has 0 aromatic carbocycles. The van der Waals surface area contributed by atoms with Crippen molar-refractivity contribution in [3.8, 4) is 0 Å². The van der Waals surface area contributed by atoms with Gasteiger partial charge >= 0.3 is 5.97 Å². The molecule has 0 radical (unpaired) electrons. The molecule has 2 atom stereocenters. The average molecular weight is 257 g/mol. The number of ether oxygens (including phenoxy) is 1. The number of hydrogen-bond acceptors (Lipinski definition) is 6. The van der Waals surface area contributed by atoms with E-state index in [1.54, 1.807) is 20.8 Å². The van der Waals surface area contributed by atoms with Crippen molar-refractivity contribution in [2.45, 2.75) is 39.3 Å². The molecule has 0 saturated carbocycles. The van der Waals surface area contributed by atoms with E-state index >= 15 is 0 Å². The zero-order chi connectivity index (χ0) is 13.8. The monoisotopic (exact) mass is 257 g/mol. The number of rotatable bonds is 6. The predicted molar refractivity (Wildman–Crippen MR) is 63.0 cm³/mol. The normalized spacial score (nSPS) is 23.3. The number of carbonyl (C=O) groups excluding carboxylic acids is 2. The Kier molecular flexibility index (Phi) is 5.01. The lowest BCUT2D eigenvalue weighted by molar-refractivity contribution is -0.186. The Hall–Kier alpha value is -1.24. The summed E-state index contributed by atoms with van der Waals surface area (Å²) in [6.07, 6.45) is 1.84. The molecule has 0 bridgehead atoms. The van der Waals surface area contributed by atoms with Crippen LogP contribution < -0.4 is 5.48 Å². The van der Waals surface area contributed by atoms with Crippen LogP contribution in [0.25, 0.3) is 0 Å². The number of hydroxylamine groups is 1. The molecule has 0 saturated heterocycles. The maximum absolute atomic E-state index is 11.9. The molecule has 1 heterocycles. The van der Waals surface area contributed by atoms with E-state index in [1.807, 2.05) is 0 Å². The second-order valence-electron chi connectivity index (χ2n) is 4.03. The summed E-state index contributed by atoms with van der Waals surface area (Å²) in [5.41, 5.74) is 0.613. The molecule has 1 aliphatic heterocycles. The van der Waals surface area contributed by atoms with Gasteiger partial charge in [-0.1, -0.05) is 13.8 Å². The zero-order valence-electron chi connectivity index (χ0n) is 10.9. The molecule has 0 aromatic heterocycles. The Balaban J connectivity index is 2.96. The van der Waals surface area contributed by atoms with E-state index in [9.17, 15) is 14.7 Å². The number of ketones is 1. The largest absolute Gasteiger partial charge is 0.430 e. The van der Waals surface area contributed by atoms with E-state index in [0.717, 1.165) is 0 Å². The first-order valence-electron chi connectivity index (χ1n) is 6.05. The van der Waals surface area contributed by atoms with Gasteiger partial charge in [0, 0.05) is 12.5 Å². The van der Waals surface area contributed by atoms with E-state index in [2.05, 4.69) is 5.48 Å². The molecular weight excluding hydrogens is 238 g/mol. The summed E-state index contributed by atoms with van der Waals surface area (Å²) < 4.78 is 4.99. The van der Waals surface area contributed by atoms with Crippen molar-refractivity contribution in [1.82, 2.24) is 5.48 Å². The number of esters is 1. The minimum Gasteiger partial charge on any atom is -0.430 e. The highest BCUT2D eigenvalue weighted by molar-refractivity contribution is 6.08. The first kappa shape index (κ1) is 14.8. The van der Waals surface area contributed by atoms with Crippen molar-refractivity contribution >= 4 is 11.8 Å². The third-order valence-electron chi connectivity index (χ3n) is 2.81. The molecule has 102 valence electrons. The molecular formula is C12H19NO5. The van der Waals surface area contributed by atoms with Gasteiger partial charge < -0.3 is 9.84 Å². The summed E-state index contributed by atoms with van der Waals surface area (Å²) >= 11 is 0. The maximum Gasteiger partial charge on any atom is 0.326 e. The SMILES string of the molecule is CCONC(O)(CC)C1C(=O)C=C(CC)OC1=O. The fourth-order valence-corrected chi connectivity index (χ4v) is 1.71. The molecule has 0 spiro atoms. The van der Waals surface area contributed by atoms with Gasteiger partial charge in [0.05, 0.1) is 6.61 Å². The van der Waals surface area contributed by atoms with E-state index in [4.69, 9.17) is 9.57 Å². The van der Waals surface area contributed by atoms with Gasteiger partial charge in [-0.15, -0.1) is 0 Å². The first-order chi connectivity index (χ1) is 8.48. The minimum absolute atomic E-state index is 0.133. The Morgan fingerprint density at radius 2 is 2.11 bits per heavy atom. The Morgan fingerprint density at radius 3 is 2.56 bits per heavy atom. The fraction of sp³-hybridized carbons (Fsp3) is 0.667. The summed E-state index contributed by atoms with van der Waals surface area (Å²) in [4.78, 5) is 28.6. The number of cyclic esters (lactones) is 1. The van der Waals surface area contributed by atoms with E-state index in [1.165, 1.54) is 6.08 Å². The topological polar surface area (TPSA) is 84.9 Å². The van der Waals surface area contributed by atoms with Crippen molar-refractivity contribution in [2.24, 2.45) is 5.92 Å². The highest BCUT2D eigenvalue weighted by Crippen LogP contribution is 2.27. The molecule has 2 unspecified atom stereocenters. The lowest BCUT2D eigenvalue weighted by atomic mass is 9.88. The van der Waals surface area contributed by atoms with Gasteiger partial charge in [0.2, 0.25) is 0 Å². The second-order valence-corrected chi connectivity index (χ2v) is 4.03. The van der Waals surface area contributed by atoms with Crippen LogP contribution in [0.4, 0.5) is 0 Å². The third kappa shape index (κ3) is 2.95. The van der Waals surface area contributed by atoms with E-state index in [-0.39, 0.29) is 6.42 Å². The number of nitrogens with one attached hydrogen (secondary N) is 1. The molecule has 2 N–H and O–H groups in total. The standard InChI is InChI=1S/C12H19NO5/c1-4-8-7-9(14)10(11(15)18-8)12(16,5-2)13-17-6-3/h7,10,13,16H,4-6H2,1-3H3. The minimum atomic E-state index is -1.75. The summed E-state index contributed by atoms with van der Waals surface area (Å²) in [6, 6.07) is 0. The highest BCUT2D eigenvalue weighted by Gasteiger charge is 2.48. The smallest absolute Gasteiger partial charge is 0.326 e. The molecule has 6 heteroatoms. The van der Waals surface area contributed by atoms with Crippen molar-refractivity contribution in [3.63, 3.8) is 0 Å². The van der Waals surface area contributed by atoms with Crippen molar-refractivity contribution in [1.29, 1.82) is 0 Å². The molecule has 6 nitrogen and oxygen atoms in total. The summed E-state index contributed by atoms with van der Waals surface area (Å²) in [7, 11) is 0.